The lowest BCUT2D eigenvalue weighted by atomic mass is 10.1. The zero-order chi connectivity index (χ0) is 21.2. The summed E-state index contributed by atoms with van der Waals surface area (Å²) in [5.74, 6) is -0.283. The predicted molar refractivity (Wildman–Crippen MR) is 103 cm³/mol. The Morgan fingerprint density at radius 3 is 2.66 bits per heavy atom. The van der Waals surface area contributed by atoms with Gasteiger partial charge in [0.1, 0.15) is 6.33 Å². The van der Waals surface area contributed by atoms with Crippen LogP contribution in [0.5, 0.6) is 0 Å². The second kappa shape index (κ2) is 8.36. The first-order valence-electron chi connectivity index (χ1n) is 8.68. The zero-order valence-corrected chi connectivity index (χ0v) is 17.3. The first-order chi connectivity index (χ1) is 13.6. The van der Waals surface area contributed by atoms with E-state index in [0.29, 0.717) is 12.2 Å². The molecule has 1 N–H and O–H groups in total. The molecule has 0 radical (unpaired) electrons. The van der Waals surface area contributed by atoms with E-state index in [1.54, 1.807) is 4.68 Å². The molecule has 0 atom stereocenters. The molecule has 0 aliphatic heterocycles. The molecule has 0 saturated carbocycles. The first kappa shape index (κ1) is 21.0. The minimum Gasteiger partial charge on any atom is -0.293 e. The molecule has 0 fully saturated rings. The molecule has 0 spiro atoms. The van der Waals surface area contributed by atoms with Gasteiger partial charge in [0, 0.05) is 6.42 Å². The number of aryl methyl sites for hydroxylation is 2. The number of anilines is 1. The summed E-state index contributed by atoms with van der Waals surface area (Å²) in [4.78, 5) is 16.2. The third-order valence-corrected chi connectivity index (χ3v) is 5.12. The molecule has 3 rings (SSSR count). The highest BCUT2D eigenvalue weighted by Crippen LogP contribution is 2.35. The number of hydrogen-bond donors (Lipinski definition) is 1. The maximum Gasteiger partial charge on any atom is 0.436 e. The Hall–Kier alpha value is -2.69. The van der Waals surface area contributed by atoms with Gasteiger partial charge in [-0.1, -0.05) is 29.8 Å². The molecule has 29 heavy (non-hydrogen) atoms. The molecule has 154 valence electrons. The SMILES string of the molecule is Cc1cccc(Cn2cnc(NC(=O)CCn3nc(C(F)(F)F)c(Br)c3C)n2)c1. The van der Waals surface area contributed by atoms with Gasteiger partial charge in [-0.3, -0.25) is 14.8 Å². The van der Waals surface area contributed by atoms with Crippen molar-refractivity contribution in [2.24, 2.45) is 0 Å². The fourth-order valence-corrected chi connectivity index (χ4v) is 3.25. The summed E-state index contributed by atoms with van der Waals surface area (Å²) in [5.41, 5.74) is 1.47. The molecule has 2 aromatic heterocycles. The Morgan fingerprint density at radius 1 is 1.24 bits per heavy atom. The molecular weight excluding hydrogens is 453 g/mol. The second-order valence-electron chi connectivity index (χ2n) is 6.52. The minimum atomic E-state index is -4.56. The molecule has 1 aromatic carbocycles. The smallest absolute Gasteiger partial charge is 0.293 e. The highest BCUT2D eigenvalue weighted by molar-refractivity contribution is 9.10. The highest BCUT2D eigenvalue weighted by Gasteiger charge is 2.37. The second-order valence-corrected chi connectivity index (χ2v) is 7.31. The third kappa shape index (κ3) is 5.22. The van der Waals surface area contributed by atoms with Crippen molar-refractivity contribution in [3.63, 3.8) is 0 Å². The third-order valence-electron chi connectivity index (χ3n) is 4.17. The zero-order valence-electron chi connectivity index (χ0n) is 15.7. The largest absolute Gasteiger partial charge is 0.436 e. The van der Waals surface area contributed by atoms with Crippen molar-refractivity contribution in [1.82, 2.24) is 24.5 Å². The maximum absolute atomic E-state index is 12.9. The molecule has 0 bridgehead atoms. The van der Waals surface area contributed by atoms with Gasteiger partial charge in [-0.15, -0.1) is 5.10 Å². The van der Waals surface area contributed by atoms with Crippen molar-refractivity contribution in [2.75, 3.05) is 5.32 Å². The standard InChI is InChI=1S/C18H18BrF3N6O/c1-11-4-3-5-13(8-11)9-27-10-23-17(26-27)24-14(29)6-7-28-12(2)15(19)16(25-28)18(20,21)22/h3-5,8,10H,6-7,9H2,1-2H3,(H,24,26,29). The van der Waals surface area contributed by atoms with Crippen LogP contribution in [0, 0.1) is 13.8 Å². The van der Waals surface area contributed by atoms with Crippen molar-refractivity contribution >= 4 is 27.8 Å². The molecule has 3 aromatic rings. The van der Waals surface area contributed by atoms with Gasteiger partial charge in [-0.25, -0.2) is 9.67 Å². The van der Waals surface area contributed by atoms with Gasteiger partial charge in [-0.05, 0) is 35.3 Å². The van der Waals surface area contributed by atoms with Crippen LogP contribution in [-0.2, 0) is 24.1 Å². The van der Waals surface area contributed by atoms with Crippen molar-refractivity contribution in [1.29, 1.82) is 0 Å². The van der Waals surface area contributed by atoms with Crippen molar-refractivity contribution < 1.29 is 18.0 Å². The van der Waals surface area contributed by atoms with Gasteiger partial charge in [-0.2, -0.15) is 18.3 Å². The van der Waals surface area contributed by atoms with Crippen LogP contribution in [0.25, 0.3) is 0 Å². The van der Waals surface area contributed by atoms with Crippen LogP contribution >= 0.6 is 15.9 Å². The number of nitrogens with one attached hydrogen (secondary N) is 1. The van der Waals surface area contributed by atoms with Crippen LogP contribution in [0.2, 0.25) is 0 Å². The van der Waals surface area contributed by atoms with E-state index in [4.69, 9.17) is 0 Å². The average Bonchev–Trinajstić information content (AvgIpc) is 3.18. The monoisotopic (exact) mass is 470 g/mol. The predicted octanol–water partition coefficient (Wildman–Crippen LogP) is 3.95. The molecule has 7 nitrogen and oxygen atoms in total. The Kier molecular flexibility index (Phi) is 6.06. The lowest BCUT2D eigenvalue weighted by molar-refractivity contribution is -0.142. The lowest BCUT2D eigenvalue weighted by Crippen LogP contribution is -2.17. The normalized spacial score (nSPS) is 11.7. The minimum absolute atomic E-state index is 0.00362. The van der Waals surface area contributed by atoms with Crippen LogP contribution in [-0.4, -0.2) is 30.5 Å². The fraction of sp³-hybridized carbons (Fsp3) is 0.333. The van der Waals surface area contributed by atoms with E-state index < -0.39 is 17.8 Å². The summed E-state index contributed by atoms with van der Waals surface area (Å²) in [7, 11) is 0. The topological polar surface area (TPSA) is 77.6 Å². The number of aromatic nitrogens is 5. The Balaban J connectivity index is 1.57. The molecule has 0 saturated heterocycles. The number of amides is 1. The van der Waals surface area contributed by atoms with E-state index in [1.807, 2.05) is 31.2 Å². The number of carbonyl (C=O) groups is 1. The van der Waals surface area contributed by atoms with E-state index in [9.17, 15) is 18.0 Å². The van der Waals surface area contributed by atoms with Gasteiger partial charge in [0.25, 0.3) is 0 Å². The summed E-state index contributed by atoms with van der Waals surface area (Å²) < 4.78 is 41.3. The quantitative estimate of drug-likeness (QED) is 0.591. The summed E-state index contributed by atoms with van der Waals surface area (Å²) >= 11 is 2.91. The molecule has 2 heterocycles. The van der Waals surface area contributed by atoms with Crippen LogP contribution in [0.1, 0.15) is 28.9 Å². The summed E-state index contributed by atoms with van der Waals surface area (Å²) in [6.45, 7) is 3.99. The number of nitrogens with zero attached hydrogens (tertiary/aromatic N) is 5. The van der Waals surface area contributed by atoms with Gasteiger partial charge < -0.3 is 0 Å². The van der Waals surface area contributed by atoms with Gasteiger partial charge in [0.15, 0.2) is 5.69 Å². The molecule has 0 aliphatic rings. The van der Waals surface area contributed by atoms with Gasteiger partial charge in [0.05, 0.1) is 23.3 Å². The van der Waals surface area contributed by atoms with Crippen LogP contribution in [0.4, 0.5) is 19.1 Å². The van der Waals surface area contributed by atoms with E-state index >= 15 is 0 Å². The Morgan fingerprint density at radius 2 is 2.00 bits per heavy atom. The maximum atomic E-state index is 12.9. The van der Waals surface area contributed by atoms with E-state index in [1.165, 1.54) is 13.3 Å². The van der Waals surface area contributed by atoms with E-state index in [0.717, 1.165) is 15.8 Å². The summed E-state index contributed by atoms with van der Waals surface area (Å²) in [5, 5.41) is 10.3. The molecule has 11 heteroatoms. The number of carbonyl (C=O) groups excluding carboxylic acids is 1. The van der Waals surface area contributed by atoms with Crippen molar-refractivity contribution in [3.8, 4) is 0 Å². The number of rotatable bonds is 6. The average molecular weight is 471 g/mol. The first-order valence-corrected chi connectivity index (χ1v) is 9.47. The van der Waals surface area contributed by atoms with Crippen molar-refractivity contribution in [3.05, 3.63) is 57.6 Å². The Bertz CT molecular complexity index is 1030. The number of halogens is 4. The van der Waals surface area contributed by atoms with Crippen LogP contribution < -0.4 is 5.32 Å². The summed E-state index contributed by atoms with van der Waals surface area (Å²) in [6, 6.07) is 7.94. The molecular formula is C18H18BrF3N6O. The molecule has 1 amide bonds. The molecule has 0 unspecified atom stereocenters. The highest BCUT2D eigenvalue weighted by atomic mass is 79.9. The van der Waals surface area contributed by atoms with Crippen LogP contribution in [0.15, 0.2) is 35.1 Å². The molecule has 0 aliphatic carbocycles. The number of alkyl halides is 3. The van der Waals surface area contributed by atoms with Gasteiger partial charge >= 0.3 is 6.18 Å². The number of hydrogen-bond acceptors (Lipinski definition) is 4. The van der Waals surface area contributed by atoms with Crippen LogP contribution in [0.3, 0.4) is 0 Å². The Labute approximate surface area is 173 Å². The number of benzene rings is 1. The summed E-state index contributed by atoms with van der Waals surface area (Å²) in [6.07, 6.45) is -3.13. The van der Waals surface area contributed by atoms with E-state index in [2.05, 4.69) is 36.4 Å². The van der Waals surface area contributed by atoms with Crippen molar-refractivity contribution in [2.45, 2.75) is 39.5 Å². The lowest BCUT2D eigenvalue weighted by Gasteiger charge is -2.05. The van der Waals surface area contributed by atoms with Gasteiger partial charge in [0.2, 0.25) is 11.9 Å². The van der Waals surface area contributed by atoms with E-state index in [-0.39, 0.29) is 23.4 Å². The fourth-order valence-electron chi connectivity index (χ4n) is 2.74.